The number of fused-ring (bicyclic) bond motifs is 1. The molecule has 152 valence electrons. The van der Waals surface area contributed by atoms with Crippen molar-refractivity contribution in [3.63, 3.8) is 0 Å². The number of pyridine rings is 1. The van der Waals surface area contributed by atoms with Crippen LogP contribution in [0.5, 0.6) is 0 Å². The van der Waals surface area contributed by atoms with Crippen molar-refractivity contribution in [3.8, 4) is 0 Å². The summed E-state index contributed by atoms with van der Waals surface area (Å²) in [5.41, 5.74) is 2.05. The first-order valence-corrected chi connectivity index (χ1v) is 10.1. The van der Waals surface area contributed by atoms with Gasteiger partial charge < -0.3 is 9.80 Å². The van der Waals surface area contributed by atoms with Crippen LogP contribution in [0.2, 0.25) is 5.02 Å². The van der Waals surface area contributed by atoms with Crippen LogP contribution < -0.4 is 4.90 Å². The van der Waals surface area contributed by atoms with Crippen LogP contribution in [0.3, 0.4) is 0 Å². The van der Waals surface area contributed by atoms with Crippen molar-refractivity contribution in [1.82, 2.24) is 9.88 Å². The maximum atomic E-state index is 12.4. The number of benzene rings is 1. The van der Waals surface area contributed by atoms with Gasteiger partial charge >= 0.3 is 17.1 Å². The molecule has 4 nitrogen and oxygen atoms in total. The number of rotatable bonds is 2. The molecule has 0 atom stereocenters. The predicted molar refractivity (Wildman–Crippen MR) is 117 cm³/mol. The molecular formula is C24H22ClFeN3O+2. The van der Waals surface area contributed by atoms with Gasteiger partial charge in [-0.05, 0) is 82.1 Å². The summed E-state index contributed by atoms with van der Waals surface area (Å²) >= 11 is 6.06. The Hall–Kier alpha value is -1.29. The number of nitrogens with zero attached hydrogens (tertiary/aromatic N) is 3. The van der Waals surface area contributed by atoms with Crippen LogP contribution in [0, 0.1) is 63.7 Å². The fourth-order valence-corrected chi connectivity index (χ4v) is 3.72. The molecule has 3 fully saturated rings. The van der Waals surface area contributed by atoms with Crippen molar-refractivity contribution in [2.75, 3.05) is 31.1 Å². The molecule has 30 heavy (non-hydrogen) atoms. The molecule has 0 unspecified atom stereocenters. The number of piperazine rings is 1. The molecule has 1 aliphatic heterocycles. The Labute approximate surface area is 195 Å². The van der Waals surface area contributed by atoms with Gasteiger partial charge in [0.2, 0.25) is 5.91 Å². The molecule has 1 amide bonds. The fraction of sp³-hybridized carbons (Fsp3) is 0.167. The van der Waals surface area contributed by atoms with Crippen molar-refractivity contribution in [2.45, 2.75) is 0 Å². The summed E-state index contributed by atoms with van der Waals surface area (Å²) in [6, 6.07) is 7.83. The fourth-order valence-electron chi connectivity index (χ4n) is 3.55. The number of carbonyl (C=O) groups excluding carboxylic acids is 1. The van der Waals surface area contributed by atoms with E-state index >= 15 is 0 Å². The van der Waals surface area contributed by atoms with Crippen molar-refractivity contribution in [3.05, 3.63) is 99.2 Å². The molecule has 2 aliphatic carbocycles. The second kappa shape index (κ2) is 11.4. The third kappa shape index (κ3) is 5.69. The van der Waals surface area contributed by atoms with E-state index in [9.17, 15) is 4.79 Å². The van der Waals surface area contributed by atoms with E-state index < -0.39 is 0 Å². The summed E-state index contributed by atoms with van der Waals surface area (Å²) in [6.45, 7) is 3.07. The van der Waals surface area contributed by atoms with Crippen LogP contribution in [0.25, 0.3) is 10.9 Å². The second-order valence-corrected chi connectivity index (χ2v) is 7.34. The smallest absolute Gasteiger partial charge is 0.367 e. The van der Waals surface area contributed by atoms with Crippen molar-refractivity contribution in [2.24, 2.45) is 0 Å². The zero-order valence-corrected chi connectivity index (χ0v) is 18.3. The number of aromatic nitrogens is 1. The van der Waals surface area contributed by atoms with E-state index in [1.807, 2.05) is 93.1 Å². The van der Waals surface area contributed by atoms with E-state index in [2.05, 4.69) is 9.88 Å². The Bertz CT molecular complexity index is 821. The van der Waals surface area contributed by atoms with Gasteiger partial charge in [-0.2, -0.15) is 0 Å². The third-order valence-corrected chi connectivity index (χ3v) is 5.29. The Morgan fingerprint density at radius 3 is 2.13 bits per heavy atom. The Balaban J connectivity index is 0.000000376. The van der Waals surface area contributed by atoms with E-state index in [4.69, 9.17) is 11.6 Å². The number of anilines is 1. The van der Waals surface area contributed by atoms with Crippen LogP contribution in [0.4, 0.5) is 5.69 Å². The molecule has 1 aromatic carbocycles. The first kappa shape index (κ1) is 23.4. The predicted octanol–water partition coefficient (Wildman–Crippen LogP) is 3.96. The number of hydrogen-bond acceptors (Lipinski definition) is 3. The molecule has 2 aromatic rings. The van der Waals surface area contributed by atoms with Crippen molar-refractivity contribution < 1.29 is 21.9 Å². The Kier molecular flexibility index (Phi) is 8.85. The number of amides is 1. The van der Waals surface area contributed by atoms with Gasteiger partial charge in [0.25, 0.3) is 0 Å². The van der Waals surface area contributed by atoms with Crippen LogP contribution >= 0.6 is 11.6 Å². The molecule has 2 heterocycles. The van der Waals surface area contributed by atoms with E-state index in [1.54, 1.807) is 0 Å². The number of hydrogen-bond donors (Lipinski definition) is 0. The van der Waals surface area contributed by atoms with E-state index in [-0.39, 0.29) is 23.0 Å². The molecule has 1 saturated heterocycles. The van der Waals surface area contributed by atoms with Crippen LogP contribution in [0.1, 0.15) is 0 Å². The first-order chi connectivity index (χ1) is 14.2. The van der Waals surface area contributed by atoms with Gasteiger partial charge in [0, 0.05) is 48.5 Å². The quantitative estimate of drug-likeness (QED) is 0.638. The van der Waals surface area contributed by atoms with Crippen LogP contribution in [-0.4, -0.2) is 42.0 Å². The van der Waals surface area contributed by atoms with Crippen molar-refractivity contribution >= 4 is 34.1 Å². The average molecular weight is 460 g/mol. The number of carbonyl (C=O) groups is 1. The minimum atomic E-state index is 0. The number of halogens is 1. The summed E-state index contributed by atoms with van der Waals surface area (Å²) in [4.78, 5) is 21.1. The van der Waals surface area contributed by atoms with Crippen LogP contribution in [-0.2, 0) is 21.9 Å². The standard InChI is InChI=1S/C19H17ClN3O.C5H5.Fe/c20-15-5-6-16-17(13-15)21-8-7-18(16)22-9-11-23(12-10-22)19(24)14-3-1-2-4-14;1-2-4-5-3-1;/h1-8,13H,9-12H2;1-5H;/q;;+2. The largest absolute Gasteiger partial charge is 2.00 e. The maximum Gasteiger partial charge on any atom is 2.00 e. The second-order valence-electron chi connectivity index (χ2n) is 6.91. The van der Waals surface area contributed by atoms with Gasteiger partial charge in [-0.3, -0.25) is 9.78 Å². The molecule has 6 heteroatoms. The molecule has 0 spiro atoms. The minimum absolute atomic E-state index is 0. The molecule has 2 saturated carbocycles. The first-order valence-electron chi connectivity index (χ1n) is 9.69. The van der Waals surface area contributed by atoms with E-state index in [1.165, 1.54) is 0 Å². The molecule has 10 radical (unpaired) electrons. The van der Waals surface area contributed by atoms with Gasteiger partial charge in [0.1, 0.15) is 0 Å². The maximum absolute atomic E-state index is 12.4. The molecule has 1 aromatic heterocycles. The summed E-state index contributed by atoms with van der Waals surface area (Å²) < 4.78 is 0. The van der Waals surface area contributed by atoms with Crippen LogP contribution in [0.15, 0.2) is 30.5 Å². The monoisotopic (exact) mass is 459 g/mol. The Morgan fingerprint density at radius 2 is 1.50 bits per heavy atom. The van der Waals surface area contributed by atoms with E-state index in [0.29, 0.717) is 5.02 Å². The molecular weight excluding hydrogens is 438 g/mol. The van der Waals surface area contributed by atoms with Gasteiger partial charge in [0.15, 0.2) is 0 Å². The SMILES string of the molecule is O=C([C]1[CH][CH][CH][CH]1)N1CCN(c2ccnc3cc(Cl)ccc23)CC1.[CH]1[CH][CH][CH][CH]1.[Fe+2]. The summed E-state index contributed by atoms with van der Waals surface area (Å²) in [6.07, 6.45) is 19.4. The van der Waals surface area contributed by atoms with E-state index in [0.717, 1.165) is 48.7 Å². The Morgan fingerprint density at radius 1 is 0.867 bits per heavy atom. The summed E-state index contributed by atoms with van der Waals surface area (Å²) in [5, 5.41) is 1.79. The molecule has 3 aliphatic rings. The minimum Gasteiger partial charge on any atom is -0.367 e. The molecule has 0 N–H and O–H groups in total. The van der Waals surface area contributed by atoms with Gasteiger partial charge in [-0.15, -0.1) is 0 Å². The summed E-state index contributed by atoms with van der Waals surface area (Å²) in [7, 11) is 0. The molecule has 5 rings (SSSR count). The third-order valence-electron chi connectivity index (χ3n) is 5.05. The topological polar surface area (TPSA) is 36.4 Å². The van der Waals surface area contributed by atoms with Gasteiger partial charge in [-0.25, -0.2) is 0 Å². The zero-order chi connectivity index (χ0) is 20.1. The average Bonchev–Trinajstić information content (AvgIpc) is 3.49. The normalized spacial score (nSPS) is 19.4. The zero-order valence-electron chi connectivity index (χ0n) is 16.4. The van der Waals surface area contributed by atoms with Crippen molar-refractivity contribution in [1.29, 1.82) is 0 Å². The molecule has 0 bridgehead atoms. The van der Waals surface area contributed by atoms with Gasteiger partial charge in [0.05, 0.1) is 11.4 Å². The summed E-state index contributed by atoms with van der Waals surface area (Å²) in [5.74, 6) is 0.887. The van der Waals surface area contributed by atoms with Gasteiger partial charge in [-0.1, -0.05) is 11.6 Å².